The number of carbonyl (C=O) groups is 3. The fourth-order valence-electron chi connectivity index (χ4n) is 3.34. The largest absolute Gasteiger partial charge is 0.509 e. The molecule has 1 spiro atoms. The van der Waals surface area contributed by atoms with Crippen LogP contribution in [0.3, 0.4) is 0 Å². The molecule has 2 aliphatic carbocycles. The molecule has 0 amide bonds. The highest BCUT2D eigenvalue weighted by Gasteiger charge is 2.44. The van der Waals surface area contributed by atoms with E-state index in [9.17, 15) is 14.4 Å². The predicted octanol–water partition coefficient (Wildman–Crippen LogP) is 1.54. The summed E-state index contributed by atoms with van der Waals surface area (Å²) in [7, 11) is 0. The Balaban J connectivity index is 1.50. The van der Waals surface area contributed by atoms with Gasteiger partial charge < -0.3 is 14.2 Å². The van der Waals surface area contributed by atoms with E-state index in [0.717, 1.165) is 32.3 Å². The Labute approximate surface area is 116 Å². The predicted molar refractivity (Wildman–Crippen MR) is 66.2 cm³/mol. The minimum Gasteiger partial charge on any atom is -0.431 e. The fraction of sp³-hybridized carbons (Fsp3) is 0.786. The van der Waals surface area contributed by atoms with Gasteiger partial charge in [0.05, 0.1) is 5.60 Å². The lowest BCUT2D eigenvalue weighted by Gasteiger charge is -2.22. The van der Waals surface area contributed by atoms with E-state index < -0.39 is 12.3 Å². The van der Waals surface area contributed by atoms with Crippen LogP contribution in [0.4, 0.5) is 4.79 Å². The van der Waals surface area contributed by atoms with Gasteiger partial charge in [-0.2, -0.15) is 0 Å². The van der Waals surface area contributed by atoms with Gasteiger partial charge in [0, 0.05) is 25.9 Å². The van der Waals surface area contributed by atoms with Crippen molar-refractivity contribution < 1.29 is 28.6 Å². The van der Waals surface area contributed by atoms with E-state index >= 15 is 0 Å². The highest BCUT2D eigenvalue weighted by molar-refractivity contribution is 6.12. The summed E-state index contributed by atoms with van der Waals surface area (Å²) in [6.45, 7) is 0.766. The van der Waals surface area contributed by atoms with Gasteiger partial charge in [-0.3, -0.25) is 9.59 Å². The van der Waals surface area contributed by atoms with E-state index in [1.54, 1.807) is 0 Å². The third-order valence-electron chi connectivity index (χ3n) is 4.39. The quantitative estimate of drug-likeness (QED) is 0.564. The average Bonchev–Trinajstić information content (AvgIpc) is 3.10. The van der Waals surface area contributed by atoms with E-state index in [4.69, 9.17) is 14.2 Å². The summed E-state index contributed by atoms with van der Waals surface area (Å²) in [5, 5.41) is 0. The van der Waals surface area contributed by atoms with Crippen LogP contribution in [0.15, 0.2) is 0 Å². The van der Waals surface area contributed by atoms with Crippen LogP contribution in [0.1, 0.15) is 44.9 Å². The van der Waals surface area contributed by atoms with Crippen LogP contribution < -0.4 is 0 Å². The van der Waals surface area contributed by atoms with Gasteiger partial charge in [-0.25, -0.2) is 4.79 Å². The Morgan fingerprint density at radius 3 is 2.55 bits per heavy atom. The molecule has 1 aliphatic heterocycles. The van der Waals surface area contributed by atoms with Gasteiger partial charge in [0.15, 0.2) is 11.6 Å². The average molecular weight is 282 g/mol. The van der Waals surface area contributed by atoms with Crippen molar-refractivity contribution in [2.75, 3.05) is 6.61 Å². The molecule has 0 aromatic rings. The number of ether oxygens (including phenoxy) is 3. The monoisotopic (exact) mass is 282 g/mol. The highest BCUT2D eigenvalue weighted by atomic mass is 16.7. The zero-order valence-electron chi connectivity index (χ0n) is 11.3. The van der Waals surface area contributed by atoms with Gasteiger partial charge in [0.2, 0.25) is 6.10 Å². The minimum absolute atomic E-state index is 0.135. The van der Waals surface area contributed by atoms with Crippen LogP contribution in [0.2, 0.25) is 0 Å². The molecule has 2 saturated carbocycles. The molecule has 6 nitrogen and oxygen atoms in total. The van der Waals surface area contributed by atoms with Crippen LogP contribution in [0.25, 0.3) is 0 Å². The lowest BCUT2D eigenvalue weighted by Crippen LogP contribution is -2.31. The number of hydrogen-bond donors (Lipinski definition) is 0. The van der Waals surface area contributed by atoms with Crippen molar-refractivity contribution in [2.24, 2.45) is 0 Å². The summed E-state index contributed by atoms with van der Waals surface area (Å²) in [5.41, 5.74) is -0.135. The summed E-state index contributed by atoms with van der Waals surface area (Å²) in [6, 6.07) is 0. The van der Waals surface area contributed by atoms with Crippen LogP contribution in [0, 0.1) is 0 Å². The van der Waals surface area contributed by atoms with Crippen LogP contribution in [-0.2, 0) is 23.8 Å². The molecular weight excluding hydrogens is 264 g/mol. The lowest BCUT2D eigenvalue weighted by atomic mass is 9.99. The van der Waals surface area contributed by atoms with Crippen molar-refractivity contribution in [2.45, 2.75) is 62.8 Å². The molecule has 3 rings (SSSR count). The standard InChI is InChI=1S/C14H18O6/c15-10-2-3-11(16)12(10)20-13(17)19-9-4-6-14(8-9)5-1-7-18-14/h9,12H,1-8H2/t9?,14-/m0/s1. The van der Waals surface area contributed by atoms with Gasteiger partial charge in [-0.1, -0.05) is 0 Å². The third kappa shape index (κ3) is 2.57. The van der Waals surface area contributed by atoms with Gasteiger partial charge in [-0.15, -0.1) is 0 Å². The molecule has 0 N–H and O–H groups in total. The molecule has 0 bridgehead atoms. The number of carbonyl (C=O) groups excluding carboxylic acids is 3. The van der Waals surface area contributed by atoms with Crippen molar-refractivity contribution in [3.63, 3.8) is 0 Å². The zero-order chi connectivity index (χ0) is 14.2. The Kier molecular flexibility index (Phi) is 3.50. The van der Waals surface area contributed by atoms with E-state index in [2.05, 4.69) is 0 Å². The third-order valence-corrected chi connectivity index (χ3v) is 4.39. The molecule has 3 aliphatic rings. The maximum Gasteiger partial charge on any atom is 0.509 e. The first-order valence-electron chi connectivity index (χ1n) is 7.15. The number of ketones is 2. The molecule has 1 saturated heterocycles. The highest BCUT2D eigenvalue weighted by Crippen LogP contribution is 2.42. The van der Waals surface area contributed by atoms with E-state index in [-0.39, 0.29) is 36.1 Å². The maximum atomic E-state index is 11.7. The summed E-state index contributed by atoms with van der Waals surface area (Å²) < 4.78 is 15.8. The molecule has 1 unspecified atom stereocenters. The smallest absolute Gasteiger partial charge is 0.431 e. The van der Waals surface area contributed by atoms with E-state index in [1.165, 1.54) is 0 Å². The van der Waals surface area contributed by atoms with Crippen molar-refractivity contribution in [1.29, 1.82) is 0 Å². The van der Waals surface area contributed by atoms with E-state index in [1.807, 2.05) is 0 Å². The van der Waals surface area contributed by atoms with Crippen molar-refractivity contribution in [1.82, 2.24) is 0 Å². The fourth-order valence-corrected chi connectivity index (χ4v) is 3.34. The van der Waals surface area contributed by atoms with Gasteiger partial charge in [0.1, 0.15) is 6.10 Å². The van der Waals surface area contributed by atoms with Gasteiger partial charge in [-0.05, 0) is 25.7 Å². The molecule has 20 heavy (non-hydrogen) atoms. The Bertz CT molecular complexity index is 421. The molecular formula is C14H18O6. The van der Waals surface area contributed by atoms with Crippen LogP contribution in [-0.4, -0.2) is 42.1 Å². The number of Topliss-reactive ketones (excluding diaryl/α,β-unsaturated/α-hetero) is 2. The second-order valence-corrected chi connectivity index (χ2v) is 5.80. The van der Waals surface area contributed by atoms with Crippen molar-refractivity contribution >= 4 is 17.7 Å². The molecule has 0 radical (unpaired) electrons. The Morgan fingerprint density at radius 1 is 1.15 bits per heavy atom. The minimum atomic E-state index is -1.25. The first-order chi connectivity index (χ1) is 9.58. The van der Waals surface area contributed by atoms with Gasteiger partial charge >= 0.3 is 6.16 Å². The molecule has 3 fully saturated rings. The first-order valence-corrected chi connectivity index (χ1v) is 7.15. The SMILES string of the molecule is O=C(OC1CC[C@@]2(CCCO2)C1)OC1C(=O)CCC1=O. The molecule has 0 aromatic heterocycles. The summed E-state index contributed by atoms with van der Waals surface area (Å²) >= 11 is 0. The first kappa shape index (κ1) is 13.5. The lowest BCUT2D eigenvalue weighted by molar-refractivity contribution is -0.135. The van der Waals surface area contributed by atoms with Gasteiger partial charge in [0.25, 0.3) is 0 Å². The Hall–Kier alpha value is -1.43. The number of rotatable bonds is 2. The van der Waals surface area contributed by atoms with E-state index in [0.29, 0.717) is 6.42 Å². The maximum absolute atomic E-state index is 11.7. The van der Waals surface area contributed by atoms with Crippen molar-refractivity contribution in [3.05, 3.63) is 0 Å². The molecule has 1 heterocycles. The van der Waals surface area contributed by atoms with Crippen LogP contribution >= 0.6 is 0 Å². The molecule has 6 heteroatoms. The summed E-state index contributed by atoms with van der Waals surface area (Å²) in [6.07, 6.45) is 2.23. The molecule has 0 aromatic carbocycles. The number of hydrogen-bond acceptors (Lipinski definition) is 6. The summed E-state index contributed by atoms with van der Waals surface area (Å²) in [5.74, 6) is -0.678. The zero-order valence-corrected chi connectivity index (χ0v) is 11.3. The second kappa shape index (κ2) is 5.16. The second-order valence-electron chi connectivity index (χ2n) is 5.80. The normalized spacial score (nSPS) is 34.1. The Morgan fingerprint density at radius 2 is 1.90 bits per heavy atom. The summed E-state index contributed by atoms with van der Waals surface area (Å²) in [4.78, 5) is 34.4. The molecule has 110 valence electrons. The van der Waals surface area contributed by atoms with Crippen molar-refractivity contribution in [3.8, 4) is 0 Å². The van der Waals surface area contributed by atoms with Crippen LogP contribution in [0.5, 0.6) is 0 Å². The molecule has 2 atom stereocenters. The topological polar surface area (TPSA) is 78.9 Å².